The van der Waals surface area contributed by atoms with Crippen molar-refractivity contribution in [1.82, 2.24) is 4.57 Å². The van der Waals surface area contributed by atoms with Crippen molar-refractivity contribution in [2.75, 3.05) is 23.0 Å². The van der Waals surface area contributed by atoms with E-state index in [2.05, 4.69) is 5.32 Å². The van der Waals surface area contributed by atoms with Crippen molar-refractivity contribution >= 4 is 48.9 Å². The van der Waals surface area contributed by atoms with Gasteiger partial charge in [0.2, 0.25) is 15.9 Å². The van der Waals surface area contributed by atoms with Crippen LogP contribution in [0.2, 0.25) is 0 Å². The van der Waals surface area contributed by atoms with Crippen LogP contribution in [0.4, 0.5) is 11.4 Å². The maximum Gasteiger partial charge on any atom is 0.308 e. The first kappa shape index (κ1) is 21.8. The van der Waals surface area contributed by atoms with Gasteiger partial charge in [0.05, 0.1) is 29.3 Å². The fourth-order valence-electron chi connectivity index (χ4n) is 3.23. The highest BCUT2D eigenvalue weighted by molar-refractivity contribution is 7.92. The second-order valence-electron chi connectivity index (χ2n) is 6.72. The van der Waals surface area contributed by atoms with E-state index in [0.717, 1.165) is 32.1 Å². The monoisotopic (exact) mass is 449 g/mol. The summed E-state index contributed by atoms with van der Waals surface area (Å²) in [6.07, 6.45) is 1.05. The normalized spacial score (nSPS) is 12.5. The number of methoxy groups -OCH3 is 1. The van der Waals surface area contributed by atoms with Gasteiger partial charge in [-0.2, -0.15) is 0 Å². The first-order valence-corrected chi connectivity index (χ1v) is 11.9. The Morgan fingerprint density at radius 1 is 1.23 bits per heavy atom. The minimum Gasteiger partial charge on any atom is -0.497 e. The number of anilines is 2. The smallest absolute Gasteiger partial charge is 0.308 e. The number of aryl methyl sites for hydroxylation is 1. The summed E-state index contributed by atoms with van der Waals surface area (Å²) in [4.78, 5) is 24.8. The summed E-state index contributed by atoms with van der Waals surface area (Å²) in [6, 6.07) is 10.6. The Labute approximate surface area is 178 Å². The average Bonchev–Trinajstić information content (AvgIpc) is 3.01. The predicted octanol–water partition coefficient (Wildman–Crippen LogP) is 2.88. The summed E-state index contributed by atoms with van der Waals surface area (Å²) in [7, 11) is -2.21. The van der Waals surface area contributed by atoms with Gasteiger partial charge in [-0.25, -0.2) is 8.42 Å². The molecule has 30 heavy (non-hydrogen) atoms. The lowest BCUT2D eigenvalue weighted by atomic mass is 10.2. The van der Waals surface area contributed by atoms with Crippen LogP contribution in [0.3, 0.4) is 0 Å². The highest BCUT2D eigenvalue weighted by atomic mass is 32.2. The Morgan fingerprint density at radius 2 is 1.90 bits per heavy atom. The van der Waals surface area contributed by atoms with Gasteiger partial charge in [-0.05, 0) is 56.3 Å². The quantitative estimate of drug-likeness (QED) is 0.598. The number of nitrogens with zero attached hydrogens (tertiary/aromatic N) is 2. The molecular weight excluding hydrogens is 426 g/mol. The Hall–Kier alpha value is -2.85. The van der Waals surface area contributed by atoms with E-state index in [0.29, 0.717) is 23.7 Å². The zero-order valence-corrected chi connectivity index (χ0v) is 18.7. The van der Waals surface area contributed by atoms with Gasteiger partial charge in [-0.1, -0.05) is 11.3 Å². The van der Waals surface area contributed by atoms with Crippen LogP contribution in [0.5, 0.6) is 5.75 Å². The molecule has 0 aliphatic carbocycles. The Bertz CT molecular complexity index is 1230. The van der Waals surface area contributed by atoms with Crippen molar-refractivity contribution in [3.8, 4) is 5.75 Å². The Balaban J connectivity index is 1.88. The van der Waals surface area contributed by atoms with Crippen LogP contribution in [0.15, 0.2) is 47.3 Å². The molecule has 0 saturated carbocycles. The number of ether oxygens (including phenoxy) is 1. The highest BCUT2D eigenvalue weighted by Gasteiger charge is 2.29. The van der Waals surface area contributed by atoms with Crippen LogP contribution in [0, 0.1) is 0 Å². The number of hydrogen-bond donors (Lipinski definition) is 1. The number of fused-ring (bicyclic) bond motifs is 1. The number of aromatic nitrogens is 1. The van der Waals surface area contributed by atoms with Gasteiger partial charge in [-0.3, -0.25) is 18.5 Å². The van der Waals surface area contributed by atoms with Crippen LogP contribution in [0.25, 0.3) is 10.2 Å². The molecule has 3 aromatic rings. The van der Waals surface area contributed by atoms with Gasteiger partial charge < -0.3 is 10.1 Å². The summed E-state index contributed by atoms with van der Waals surface area (Å²) in [5.74, 6) is 0.0912. The minimum atomic E-state index is -3.73. The topological polar surface area (TPSA) is 97.7 Å². The van der Waals surface area contributed by atoms with E-state index in [4.69, 9.17) is 4.74 Å². The summed E-state index contributed by atoms with van der Waals surface area (Å²) < 4.78 is 33.4. The molecule has 0 bridgehead atoms. The maximum absolute atomic E-state index is 12.9. The predicted molar refractivity (Wildman–Crippen MR) is 120 cm³/mol. The van der Waals surface area contributed by atoms with E-state index in [1.807, 2.05) is 6.92 Å². The summed E-state index contributed by atoms with van der Waals surface area (Å²) in [6.45, 7) is 3.97. The first-order chi connectivity index (χ1) is 14.2. The molecule has 2 aromatic carbocycles. The maximum atomic E-state index is 12.9. The Kier molecular flexibility index (Phi) is 6.18. The lowest BCUT2D eigenvalue weighted by Crippen LogP contribution is -2.45. The molecular formula is C20H23N3O5S2. The van der Waals surface area contributed by atoms with Gasteiger partial charge in [-0.15, -0.1) is 0 Å². The average molecular weight is 450 g/mol. The minimum absolute atomic E-state index is 0.0629. The zero-order valence-electron chi connectivity index (χ0n) is 17.1. The van der Waals surface area contributed by atoms with E-state index in [-0.39, 0.29) is 4.87 Å². The fourth-order valence-corrected chi connectivity index (χ4v) is 5.40. The number of thiazole rings is 1. The lowest BCUT2D eigenvalue weighted by molar-refractivity contribution is -0.116. The molecule has 0 aliphatic rings. The molecule has 0 spiro atoms. The van der Waals surface area contributed by atoms with Gasteiger partial charge in [0, 0.05) is 12.2 Å². The van der Waals surface area contributed by atoms with Gasteiger partial charge in [0.1, 0.15) is 11.8 Å². The molecule has 160 valence electrons. The number of carbonyl (C=O) groups excluding carboxylic acids is 1. The third-order valence-corrected chi connectivity index (χ3v) is 6.85. The van der Waals surface area contributed by atoms with Gasteiger partial charge in [0.25, 0.3) is 0 Å². The molecule has 0 saturated heterocycles. The van der Waals surface area contributed by atoms with E-state index in [1.165, 1.54) is 14.0 Å². The van der Waals surface area contributed by atoms with Crippen LogP contribution in [-0.2, 0) is 21.4 Å². The second kappa shape index (κ2) is 8.49. The fraction of sp³-hybridized carbons (Fsp3) is 0.300. The lowest BCUT2D eigenvalue weighted by Gasteiger charge is -2.28. The van der Waals surface area contributed by atoms with Crippen molar-refractivity contribution in [1.29, 1.82) is 0 Å². The second-order valence-corrected chi connectivity index (χ2v) is 9.57. The van der Waals surface area contributed by atoms with E-state index >= 15 is 0 Å². The third-order valence-electron chi connectivity index (χ3n) is 4.67. The molecule has 0 aliphatic heterocycles. The van der Waals surface area contributed by atoms with Crippen molar-refractivity contribution in [2.45, 2.75) is 26.4 Å². The molecule has 10 heteroatoms. The van der Waals surface area contributed by atoms with E-state index < -0.39 is 22.0 Å². The zero-order chi connectivity index (χ0) is 22.1. The number of hydrogen-bond acceptors (Lipinski definition) is 6. The number of benzene rings is 2. The number of carbonyl (C=O) groups is 1. The molecule has 1 aromatic heterocycles. The van der Waals surface area contributed by atoms with E-state index in [1.54, 1.807) is 47.0 Å². The summed E-state index contributed by atoms with van der Waals surface area (Å²) >= 11 is 1.10. The van der Waals surface area contributed by atoms with Gasteiger partial charge >= 0.3 is 4.87 Å². The molecule has 1 atom stereocenters. The van der Waals surface area contributed by atoms with E-state index in [9.17, 15) is 18.0 Å². The molecule has 1 heterocycles. The molecule has 0 fully saturated rings. The van der Waals surface area contributed by atoms with Crippen LogP contribution in [-0.4, -0.2) is 38.3 Å². The number of rotatable bonds is 7. The van der Waals surface area contributed by atoms with Crippen LogP contribution < -0.4 is 19.2 Å². The van der Waals surface area contributed by atoms with Crippen LogP contribution in [0.1, 0.15) is 13.8 Å². The standard InChI is InChI=1S/C20H23N3O5S2/c1-5-22-17-11-6-14(12-18(17)29-20(22)25)21-19(24)13(2)23(30(4,26)27)15-7-9-16(28-3)10-8-15/h6-13H,5H2,1-4H3,(H,21,24). The molecule has 3 rings (SSSR count). The number of sulfonamides is 1. The third kappa shape index (κ3) is 4.34. The number of amides is 1. The van der Waals surface area contributed by atoms with Crippen molar-refractivity contribution in [3.63, 3.8) is 0 Å². The largest absolute Gasteiger partial charge is 0.497 e. The SMILES string of the molecule is CCn1c(=O)sc2cc(NC(=O)C(C)N(c3ccc(OC)cc3)S(C)(=O)=O)ccc21. The Morgan fingerprint density at radius 3 is 2.47 bits per heavy atom. The van der Waals surface area contributed by atoms with Crippen molar-refractivity contribution < 1.29 is 17.9 Å². The molecule has 0 radical (unpaired) electrons. The summed E-state index contributed by atoms with van der Waals surface area (Å²) in [5, 5.41) is 2.75. The number of nitrogens with one attached hydrogen (secondary N) is 1. The molecule has 1 amide bonds. The summed E-state index contributed by atoms with van der Waals surface area (Å²) in [5.41, 5.74) is 1.65. The van der Waals surface area contributed by atoms with Crippen LogP contribution >= 0.6 is 11.3 Å². The molecule has 8 nitrogen and oxygen atoms in total. The first-order valence-electron chi connectivity index (χ1n) is 9.23. The van der Waals surface area contributed by atoms with Crippen molar-refractivity contribution in [2.24, 2.45) is 0 Å². The molecule has 1 unspecified atom stereocenters. The highest BCUT2D eigenvalue weighted by Crippen LogP contribution is 2.25. The van der Waals surface area contributed by atoms with Gasteiger partial charge in [0.15, 0.2) is 0 Å². The van der Waals surface area contributed by atoms with Crippen molar-refractivity contribution in [3.05, 3.63) is 52.1 Å². The molecule has 1 N–H and O–H groups in total.